The van der Waals surface area contributed by atoms with Crippen molar-refractivity contribution in [1.29, 1.82) is 0 Å². The van der Waals surface area contributed by atoms with Crippen molar-refractivity contribution in [2.75, 3.05) is 20.2 Å². The second-order valence-electron chi connectivity index (χ2n) is 5.52. The maximum atomic E-state index is 12.0. The van der Waals surface area contributed by atoms with Gasteiger partial charge < -0.3 is 14.7 Å². The number of rotatable bonds is 4. The van der Waals surface area contributed by atoms with Gasteiger partial charge >= 0.3 is 5.97 Å². The Morgan fingerprint density at radius 1 is 1.26 bits per heavy atom. The van der Waals surface area contributed by atoms with Gasteiger partial charge in [0.1, 0.15) is 0 Å². The van der Waals surface area contributed by atoms with Gasteiger partial charge in [0.2, 0.25) is 5.91 Å². The zero-order valence-corrected chi connectivity index (χ0v) is 13.7. The molecule has 1 heterocycles. The summed E-state index contributed by atoms with van der Waals surface area (Å²) in [7, 11) is 1.26. The van der Waals surface area contributed by atoms with Gasteiger partial charge in [-0.3, -0.25) is 4.79 Å². The van der Waals surface area contributed by atoms with E-state index in [4.69, 9.17) is 11.6 Å². The Hall–Kier alpha value is -1.85. The predicted octanol–water partition coefficient (Wildman–Crippen LogP) is 2.34. The molecule has 1 aliphatic rings. The highest BCUT2D eigenvalue weighted by Gasteiger charge is 2.27. The Balaban J connectivity index is 1.88. The van der Waals surface area contributed by atoms with Crippen LogP contribution in [0.15, 0.2) is 36.4 Å². The van der Waals surface area contributed by atoms with Crippen LogP contribution in [0.1, 0.15) is 24.5 Å². The molecular formula is C17H20ClNO4. The van der Waals surface area contributed by atoms with E-state index < -0.39 is 12.1 Å². The maximum Gasteiger partial charge on any atom is 0.330 e. The van der Waals surface area contributed by atoms with Gasteiger partial charge in [-0.05, 0) is 36.5 Å². The third-order valence-corrected chi connectivity index (χ3v) is 4.32. The number of benzene rings is 1. The van der Waals surface area contributed by atoms with Gasteiger partial charge in [-0.1, -0.05) is 23.7 Å². The molecule has 1 aromatic rings. The number of aliphatic hydroxyl groups excluding tert-OH is 1. The Morgan fingerprint density at radius 2 is 1.87 bits per heavy atom. The smallest absolute Gasteiger partial charge is 0.330 e. The zero-order valence-electron chi connectivity index (χ0n) is 12.9. The highest BCUT2D eigenvalue weighted by atomic mass is 35.5. The largest absolute Gasteiger partial charge is 0.466 e. The van der Waals surface area contributed by atoms with E-state index in [1.807, 2.05) is 12.1 Å². The molecule has 23 heavy (non-hydrogen) atoms. The summed E-state index contributed by atoms with van der Waals surface area (Å²) in [5.41, 5.74) is 0.838. The zero-order chi connectivity index (χ0) is 16.8. The molecule has 1 aromatic carbocycles. The van der Waals surface area contributed by atoms with Crippen LogP contribution in [0.5, 0.6) is 0 Å². The van der Waals surface area contributed by atoms with E-state index in [2.05, 4.69) is 4.74 Å². The first kappa shape index (κ1) is 17.5. The van der Waals surface area contributed by atoms with Crippen LogP contribution in [-0.4, -0.2) is 42.1 Å². The Kier molecular flexibility index (Phi) is 6.19. The lowest BCUT2D eigenvalue weighted by Crippen LogP contribution is -2.39. The molecule has 0 saturated carbocycles. The second kappa shape index (κ2) is 8.13. The second-order valence-corrected chi connectivity index (χ2v) is 5.95. The molecule has 0 spiro atoms. The molecule has 1 amide bonds. The molecular weight excluding hydrogens is 318 g/mol. The van der Waals surface area contributed by atoms with Gasteiger partial charge in [0.05, 0.1) is 13.2 Å². The minimum Gasteiger partial charge on any atom is -0.466 e. The molecule has 6 heteroatoms. The van der Waals surface area contributed by atoms with E-state index in [-0.39, 0.29) is 11.8 Å². The number of nitrogens with zero attached hydrogens (tertiary/aromatic N) is 1. The van der Waals surface area contributed by atoms with Crippen LogP contribution in [0.3, 0.4) is 0 Å². The first-order valence-corrected chi connectivity index (χ1v) is 7.87. The minimum absolute atomic E-state index is 0.102. The summed E-state index contributed by atoms with van der Waals surface area (Å²) in [4.78, 5) is 24.6. The first-order chi connectivity index (χ1) is 11.0. The van der Waals surface area contributed by atoms with Gasteiger partial charge in [-0.2, -0.15) is 0 Å². The number of esters is 1. The minimum atomic E-state index is -0.560. The van der Waals surface area contributed by atoms with Gasteiger partial charge in [0.25, 0.3) is 0 Å². The molecule has 1 N–H and O–H groups in total. The molecule has 1 saturated heterocycles. The van der Waals surface area contributed by atoms with Gasteiger partial charge in [-0.15, -0.1) is 0 Å². The topological polar surface area (TPSA) is 66.8 Å². The van der Waals surface area contributed by atoms with Crippen LogP contribution in [0.4, 0.5) is 0 Å². The SMILES string of the molecule is COC(=O)/C=C/C(=O)N1CCC(C(O)c2ccc(Cl)cc2)CC1. The first-order valence-electron chi connectivity index (χ1n) is 7.49. The maximum absolute atomic E-state index is 12.0. The number of piperidine rings is 1. The number of halogens is 1. The van der Waals surface area contributed by atoms with Gasteiger partial charge in [-0.25, -0.2) is 4.79 Å². The van der Waals surface area contributed by atoms with Crippen molar-refractivity contribution in [2.45, 2.75) is 18.9 Å². The molecule has 124 valence electrons. The third-order valence-electron chi connectivity index (χ3n) is 4.07. The van der Waals surface area contributed by atoms with Crippen LogP contribution in [0, 0.1) is 5.92 Å². The number of hydrogen-bond acceptors (Lipinski definition) is 4. The average molecular weight is 338 g/mol. The number of likely N-dealkylation sites (tertiary alicyclic amines) is 1. The van der Waals surface area contributed by atoms with E-state index in [1.54, 1.807) is 17.0 Å². The van der Waals surface area contributed by atoms with Crippen LogP contribution in [0.2, 0.25) is 5.02 Å². The Bertz CT molecular complexity index is 577. The fraction of sp³-hybridized carbons (Fsp3) is 0.412. The molecule has 1 fully saturated rings. The quantitative estimate of drug-likeness (QED) is 0.676. The number of carbonyl (C=O) groups is 2. The van der Waals surface area contributed by atoms with E-state index in [0.29, 0.717) is 31.0 Å². The molecule has 0 aromatic heterocycles. The summed E-state index contributed by atoms with van der Waals surface area (Å²) in [6.45, 7) is 1.11. The highest BCUT2D eigenvalue weighted by Crippen LogP contribution is 2.31. The van der Waals surface area contributed by atoms with Crippen molar-refractivity contribution in [2.24, 2.45) is 5.92 Å². The summed E-state index contributed by atoms with van der Waals surface area (Å²) in [6.07, 6.45) is 3.21. The Labute approximate surface area is 140 Å². The van der Waals surface area contributed by atoms with E-state index in [9.17, 15) is 14.7 Å². The highest BCUT2D eigenvalue weighted by molar-refractivity contribution is 6.30. The molecule has 1 aliphatic heterocycles. The molecule has 1 atom stereocenters. The van der Waals surface area contributed by atoms with E-state index in [1.165, 1.54) is 13.2 Å². The average Bonchev–Trinajstić information content (AvgIpc) is 2.59. The molecule has 2 rings (SSSR count). The van der Waals surface area contributed by atoms with Gasteiger partial charge in [0, 0.05) is 30.3 Å². The van der Waals surface area contributed by atoms with Crippen LogP contribution >= 0.6 is 11.6 Å². The number of methoxy groups -OCH3 is 1. The van der Waals surface area contributed by atoms with E-state index in [0.717, 1.165) is 11.6 Å². The lowest BCUT2D eigenvalue weighted by molar-refractivity contribution is -0.135. The van der Waals surface area contributed by atoms with Crippen molar-refractivity contribution in [3.8, 4) is 0 Å². The summed E-state index contributed by atoms with van der Waals surface area (Å²) >= 11 is 5.85. The number of aliphatic hydroxyl groups is 1. The number of ether oxygens (including phenoxy) is 1. The van der Waals surface area contributed by atoms with Crippen molar-refractivity contribution in [3.05, 3.63) is 47.0 Å². The number of hydrogen-bond donors (Lipinski definition) is 1. The van der Waals surface area contributed by atoms with Crippen molar-refractivity contribution in [3.63, 3.8) is 0 Å². The van der Waals surface area contributed by atoms with Crippen LogP contribution < -0.4 is 0 Å². The molecule has 1 unspecified atom stereocenters. The predicted molar refractivity (Wildman–Crippen MR) is 86.9 cm³/mol. The summed E-state index contributed by atoms with van der Waals surface area (Å²) in [5, 5.41) is 11.1. The van der Waals surface area contributed by atoms with E-state index >= 15 is 0 Å². The fourth-order valence-corrected chi connectivity index (χ4v) is 2.81. The van der Waals surface area contributed by atoms with Gasteiger partial charge in [0.15, 0.2) is 0 Å². The monoisotopic (exact) mass is 337 g/mol. The van der Waals surface area contributed by atoms with Crippen molar-refractivity contribution < 1.29 is 19.4 Å². The van der Waals surface area contributed by atoms with Crippen LogP contribution in [0.25, 0.3) is 0 Å². The molecule has 0 radical (unpaired) electrons. The molecule has 0 aliphatic carbocycles. The van der Waals surface area contributed by atoms with Crippen LogP contribution in [-0.2, 0) is 14.3 Å². The summed E-state index contributed by atoms with van der Waals surface area (Å²) < 4.78 is 4.45. The Morgan fingerprint density at radius 3 is 2.43 bits per heavy atom. The number of carbonyl (C=O) groups excluding carboxylic acids is 2. The summed E-state index contributed by atoms with van der Waals surface area (Å²) in [6, 6.07) is 7.17. The summed E-state index contributed by atoms with van der Waals surface area (Å²) in [5.74, 6) is -0.661. The standard InChI is InChI=1S/C17H20ClNO4/c1-23-16(21)7-6-15(20)19-10-8-13(9-11-19)17(22)12-2-4-14(18)5-3-12/h2-7,13,17,22H,8-11H2,1H3/b7-6+. The molecule has 0 bridgehead atoms. The lowest BCUT2D eigenvalue weighted by Gasteiger charge is -2.33. The lowest BCUT2D eigenvalue weighted by atomic mass is 9.87. The van der Waals surface area contributed by atoms with Crippen molar-refractivity contribution in [1.82, 2.24) is 4.90 Å². The fourth-order valence-electron chi connectivity index (χ4n) is 2.68. The third kappa shape index (κ3) is 4.81. The van der Waals surface area contributed by atoms with Crippen molar-refractivity contribution >= 4 is 23.5 Å². The molecule has 5 nitrogen and oxygen atoms in total. The number of amides is 1. The normalized spacial score (nSPS) is 17.3.